The number of benzene rings is 2. The number of nitrogens with zero attached hydrogens (tertiary/aromatic N) is 2. The summed E-state index contributed by atoms with van der Waals surface area (Å²) in [6, 6.07) is 16.6. The average molecular weight is 389 g/mol. The number of para-hydroxylation sites is 1. The Hall–Kier alpha value is -2.92. The van der Waals surface area contributed by atoms with Gasteiger partial charge >= 0.3 is 0 Å². The van der Waals surface area contributed by atoms with Crippen molar-refractivity contribution in [3.8, 4) is 16.9 Å². The lowest BCUT2D eigenvalue weighted by Gasteiger charge is -2.26. The summed E-state index contributed by atoms with van der Waals surface area (Å²) in [7, 11) is 0. The molecular formula is C24H28N4O. The lowest BCUT2D eigenvalue weighted by atomic mass is 9.91. The van der Waals surface area contributed by atoms with Crippen molar-refractivity contribution in [2.24, 2.45) is 5.73 Å². The zero-order chi connectivity index (χ0) is 20.4. The van der Waals surface area contributed by atoms with Crippen molar-refractivity contribution in [3.63, 3.8) is 0 Å². The number of aromatic nitrogens is 2. The molecule has 5 heteroatoms. The van der Waals surface area contributed by atoms with Crippen molar-refractivity contribution >= 4 is 5.91 Å². The first-order valence-corrected chi connectivity index (χ1v) is 10.3. The van der Waals surface area contributed by atoms with E-state index < -0.39 is 0 Å². The highest BCUT2D eigenvalue weighted by Gasteiger charge is 2.24. The first kappa shape index (κ1) is 19.4. The second-order valence-corrected chi connectivity index (χ2v) is 8.08. The summed E-state index contributed by atoms with van der Waals surface area (Å²) in [5.74, 6) is -0.0670. The van der Waals surface area contributed by atoms with Gasteiger partial charge in [-0.3, -0.25) is 4.79 Å². The fourth-order valence-corrected chi connectivity index (χ4v) is 4.06. The van der Waals surface area contributed by atoms with Crippen LogP contribution in [0.15, 0.2) is 54.7 Å². The van der Waals surface area contributed by atoms with Gasteiger partial charge in [-0.1, -0.05) is 42.0 Å². The standard InChI is InChI=1S/C24H28N4O/c1-16-8-13-21(17(2)14-16)23-22(15-28(27-23)20-6-4-3-5-7-20)24(29)26-19-11-9-18(25)10-12-19/h3-8,13-15,18-19H,9-12,25H2,1-2H3,(H,26,29). The van der Waals surface area contributed by atoms with Crippen LogP contribution in [0.5, 0.6) is 0 Å². The van der Waals surface area contributed by atoms with E-state index in [1.807, 2.05) is 36.5 Å². The lowest BCUT2D eigenvalue weighted by molar-refractivity contribution is 0.0926. The highest BCUT2D eigenvalue weighted by atomic mass is 16.1. The van der Waals surface area contributed by atoms with Crippen molar-refractivity contribution in [1.82, 2.24) is 15.1 Å². The molecule has 0 spiro atoms. The van der Waals surface area contributed by atoms with Gasteiger partial charge < -0.3 is 11.1 Å². The molecule has 0 atom stereocenters. The van der Waals surface area contributed by atoms with E-state index in [9.17, 15) is 4.79 Å². The zero-order valence-electron chi connectivity index (χ0n) is 17.1. The molecule has 5 nitrogen and oxygen atoms in total. The van der Waals surface area contributed by atoms with Crippen LogP contribution >= 0.6 is 0 Å². The number of aryl methyl sites for hydroxylation is 2. The molecule has 1 saturated carbocycles. The average Bonchev–Trinajstić information content (AvgIpc) is 3.16. The summed E-state index contributed by atoms with van der Waals surface area (Å²) in [5.41, 5.74) is 11.6. The van der Waals surface area contributed by atoms with Crippen LogP contribution in [0.2, 0.25) is 0 Å². The van der Waals surface area contributed by atoms with Crippen molar-refractivity contribution in [2.45, 2.75) is 51.6 Å². The third-order valence-corrected chi connectivity index (χ3v) is 5.72. The Morgan fingerprint density at radius 2 is 1.79 bits per heavy atom. The minimum Gasteiger partial charge on any atom is -0.349 e. The number of hydrogen-bond acceptors (Lipinski definition) is 3. The van der Waals surface area contributed by atoms with Crippen molar-refractivity contribution in [3.05, 3.63) is 71.4 Å². The minimum absolute atomic E-state index is 0.0670. The van der Waals surface area contributed by atoms with Crippen LogP contribution in [0.4, 0.5) is 0 Å². The van der Waals surface area contributed by atoms with Crippen LogP contribution < -0.4 is 11.1 Å². The molecule has 0 aliphatic heterocycles. The predicted octanol–water partition coefficient (Wildman–Crippen LogP) is 4.16. The predicted molar refractivity (Wildman–Crippen MR) is 116 cm³/mol. The first-order valence-electron chi connectivity index (χ1n) is 10.3. The Kier molecular flexibility index (Phi) is 5.49. The number of carbonyl (C=O) groups is 1. The monoisotopic (exact) mass is 388 g/mol. The Morgan fingerprint density at radius 1 is 1.07 bits per heavy atom. The molecule has 0 unspecified atom stereocenters. The molecule has 29 heavy (non-hydrogen) atoms. The van der Waals surface area contributed by atoms with Crippen molar-refractivity contribution < 1.29 is 4.79 Å². The van der Waals surface area contributed by atoms with Crippen LogP contribution in [0.1, 0.15) is 47.2 Å². The van der Waals surface area contributed by atoms with Crippen LogP contribution in [0.25, 0.3) is 16.9 Å². The SMILES string of the molecule is Cc1ccc(-c2nn(-c3ccccc3)cc2C(=O)NC2CCC(N)CC2)c(C)c1. The maximum atomic E-state index is 13.2. The number of carbonyl (C=O) groups excluding carboxylic acids is 1. The van der Waals surface area contributed by atoms with E-state index in [-0.39, 0.29) is 18.0 Å². The van der Waals surface area contributed by atoms with Gasteiger partial charge in [0.05, 0.1) is 11.3 Å². The Labute approximate surface area is 171 Å². The molecule has 3 aromatic rings. The summed E-state index contributed by atoms with van der Waals surface area (Å²) in [4.78, 5) is 13.2. The summed E-state index contributed by atoms with van der Waals surface area (Å²) < 4.78 is 1.79. The van der Waals surface area contributed by atoms with Gasteiger partial charge in [-0.15, -0.1) is 0 Å². The summed E-state index contributed by atoms with van der Waals surface area (Å²) in [6.45, 7) is 4.13. The number of rotatable bonds is 4. The van der Waals surface area contributed by atoms with Crippen LogP contribution in [-0.4, -0.2) is 27.8 Å². The van der Waals surface area contributed by atoms with E-state index in [2.05, 4.69) is 37.4 Å². The Morgan fingerprint density at radius 3 is 2.48 bits per heavy atom. The van der Waals surface area contributed by atoms with Gasteiger partial charge in [-0.05, 0) is 57.2 Å². The smallest absolute Gasteiger partial charge is 0.255 e. The Balaban J connectivity index is 1.71. The van der Waals surface area contributed by atoms with Crippen molar-refractivity contribution in [2.75, 3.05) is 0 Å². The third-order valence-electron chi connectivity index (χ3n) is 5.72. The molecule has 2 aromatic carbocycles. The molecular weight excluding hydrogens is 360 g/mol. The molecule has 3 N–H and O–H groups in total. The van der Waals surface area contributed by atoms with E-state index in [1.54, 1.807) is 4.68 Å². The molecule has 150 valence electrons. The highest BCUT2D eigenvalue weighted by Crippen LogP contribution is 2.28. The van der Waals surface area contributed by atoms with Gasteiger partial charge in [0.25, 0.3) is 5.91 Å². The van der Waals surface area contributed by atoms with E-state index in [4.69, 9.17) is 10.8 Å². The van der Waals surface area contributed by atoms with E-state index in [1.165, 1.54) is 5.56 Å². The number of nitrogens with two attached hydrogens (primary N) is 1. The first-order chi connectivity index (χ1) is 14.0. The second-order valence-electron chi connectivity index (χ2n) is 8.08. The van der Waals surface area contributed by atoms with Gasteiger partial charge in [0.1, 0.15) is 5.69 Å². The molecule has 0 bridgehead atoms. The fraction of sp³-hybridized carbons (Fsp3) is 0.333. The van der Waals surface area contributed by atoms with E-state index >= 15 is 0 Å². The largest absolute Gasteiger partial charge is 0.349 e. The van der Waals surface area contributed by atoms with Crippen LogP contribution in [-0.2, 0) is 0 Å². The zero-order valence-corrected chi connectivity index (χ0v) is 17.1. The maximum absolute atomic E-state index is 13.2. The van der Waals surface area contributed by atoms with Gasteiger partial charge in [-0.25, -0.2) is 4.68 Å². The topological polar surface area (TPSA) is 72.9 Å². The van der Waals surface area contributed by atoms with Gasteiger partial charge in [0, 0.05) is 23.8 Å². The molecule has 1 fully saturated rings. The number of amides is 1. The van der Waals surface area contributed by atoms with Gasteiger partial charge in [-0.2, -0.15) is 5.10 Å². The van der Waals surface area contributed by atoms with Gasteiger partial charge in [0.2, 0.25) is 0 Å². The molecule has 1 aromatic heterocycles. The third kappa shape index (κ3) is 4.25. The normalized spacial score (nSPS) is 19.1. The second kappa shape index (κ2) is 8.21. The fourth-order valence-electron chi connectivity index (χ4n) is 4.06. The Bertz CT molecular complexity index is 1000. The number of nitrogens with one attached hydrogen (secondary N) is 1. The molecule has 4 rings (SSSR count). The highest BCUT2D eigenvalue weighted by molar-refractivity contribution is 6.00. The number of hydrogen-bond donors (Lipinski definition) is 2. The summed E-state index contributed by atoms with van der Waals surface area (Å²) in [5, 5.41) is 8.02. The van der Waals surface area contributed by atoms with E-state index in [0.717, 1.165) is 48.2 Å². The molecule has 1 aliphatic rings. The van der Waals surface area contributed by atoms with Gasteiger partial charge in [0.15, 0.2) is 0 Å². The molecule has 1 heterocycles. The van der Waals surface area contributed by atoms with Crippen LogP contribution in [0, 0.1) is 13.8 Å². The summed E-state index contributed by atoms with van der Waals surface area (Å²) in [6.07, 6.45) is 5.61. The maximum Gasteiger partial charge on any atom is 0.255 e. The lowest BCUT2D eigenvalue weighted by Crippen LogP contribution is -2.40. The van der Waals surface area contributed by atoms with Crippen molar-refractivity contribution in [1.29, 1.82) is 0 Å². The molecule has 1 amide bonds. The molecule has 1 aliphatic carbocycles. The molecule has 0 saturated heterocycles. The van der Waals surface area contributed by atoms with Crippen LogP contribution in [0.3, 0.4) is 0 Å². The molecule has 0 radical (unpaired) electrons. The minimum atomic E-state index is -0.0670. The summed E-state index contributed by atoms with van der Waals surface area (Å²) >= 11 is 0. The van der Waals surface area contributed by atoms with E-state index in [0.29, 0.717) is 5.56 Å². The quantitative estimate of drug-likeness (QED) is 0.705.